The van der Waals surface area contributed by atoms with Crippen molar-refractivity contribution in [3.05, 3.63) is 229 Å². The van der Waals surface area contributed by atoms with Gasteiger partial charge in [-0.15, -0.1) is 0 Å². The third kappa shape index (κ3) is 4.98. The van der Waals surface area contributed by atoms with E-state index in [9.17, 15) is 0 Å². The summed E-state index contributed by atoms with van der Waals surface area (Å²) in [5, 5.41) is 2.52. The molecule has 0 fully saturated rings. The van der Waals surface area contributed by atoms with Gasteiger partial charge < -0.3 is 9.47 Å². The molecule has 0 N–H and O–H groups in total. The fraction of sp³-hybridized carbons (Fsp3) is 0.0196. The first-order valence-electron chi connectivity index (χ1n) is 18.1. The molecule has 2 heteroatoms. The number of para-hydroxylation sites is 3. The third-order valence-electron chi connectivity index (χ3n) is 10.6. The third-order valence-corrected chi connectivity index (χ3v) is 10.6. The summed E-state index contributed by atoms with van der Waals surface area (Å²) in [6, 6.07) is 73.7. The predicted octanol–water partition coefficient (Wildman–Crippen LogP) is 12.6. The summed E-state index contributed by atoms with van der Waals surface area (Å²) >= 11 is 0. The van der Waals surface area contributed by atoms with Crippen LogP contribution in [0.25, 0.3) is 38.6 Å². The number of benzene rings is 8. The predicted molar refractivity (Wildman–Crippen MR) is 221 cm³/mol. The number of hydrogen-bond acceptors (Lipinski definition) is 1. The molecule has 0 spiro atoms. The number of anilines is 3. The molecule has 0 radical (unpaired) electrons. The van der Waals surface area contributed by atoms with Crippen molar-refractivity contribution < 1.29 is 0 Å². The van der Waals surface area contributed by atoms with Crippen molar-refractivity contribution in [3.8, 4) is 28.7 Å². The monoisotopic (exact) mass is 674 g/mol. The molecule has 0 saturated heterocycles. The maximum absolute atomic E-state index is 3.83. The lowest BCUT2D eigenvalue weighted by Crippen LogP contribution is -2.25. The van der Waals surface area contributed by atoms with Gasteiger partial charge in [-0.3, -0.25) is 0 Å². The van der Waals surface area contributed by atoms with Crippen LogP contribution < -0.4 is 4.90 Å². The molecule has 0 amide bonds. The molecule has 1 aromatic heterocycles. The van der Waals surface area contributed by atoms with Crippen LogP contribution in [0.4, 0.5) is 17.1 Å². The minimum absolute atomic E-state index is 0.622. The Morgan fingerprint density at radius 1 is 0.415 bits per heavy atom. The molecule has 8 aromatic carbocycles. The van der Waals surface area contributed by atoms with E-state index in [0.29, 0.717) is 0 Å². The lowest BCUT2D eigenvalue weighted by Gasteiger charge is -2.29. The van der Waals surface area contributed by atoms with E-state index in [0.717, 1.165) is 28.3 Å². The molecule has 1 unspecified atom stereocenters. The molecule has 53 heavy (non-hydrogen) atoms. The zero-order valence-electron chi connectivity index (χ0n) is 29.0. The summed E-state index contributed by atoms with van der Waals surface area (Å²) < 4.78 is 2.37. The van der Waals surface area contributed by atoms with Crippen molar-refractivity contribution in [2.75, 3.05) is 4.90 Å². The Balaban J connectivity index is 1.14. The summed E-state index contributed by atoms with van der Waals surface area (Å²) in [5.74, 6) is 7.40. The zero-order chi connectivity index (χ0) is 35.2. The van der Waals surface area contributed by atoms with Crippen LogP contribution in [-0.4, -0.2) is 4.57 Å². The van der Waals surface area contributed by atoms with Gasteiger partial charge in [-0.1, -0.05) is 145 Å². The second kappa shape index (κ2) is 12.6. The molecule has 1 aliphatic rings. The van der Waals surface area contributed by atoms with Gasteiger partial charge in [0.15, 0.2) is 0 Å². The van der Waals surface area contributed by atoms with Crippen molar-refractivity contribution in [3.63, 3.8) is 0 Å². The van der Waals surface area contributed by atoms with E-state index >= 15 is 0 Å². The van der Waals surface area contributed by atoms with Gasteiger partial charge in [0.25, 0.3) is 0 Å². The van der Waals surface area contributed by atoms with Crippen LogP contribution in [0.1, 0.15) is 22.3 Å². The Bertz CT molecular complexity index is 2770. The maximum Gasteiger partial charge on any atom is 0.108 e. The normalized spacial score (nSPS) is 14.3. The lowest BCUT2D eigenvalue weighted by molar-refractivity contribution is 0.837. The average molecular weight is 675 g/mol. The van der Waals surface area contributed by atoms with Gasteiger partial charge in [0.05, 0.1) is 11.0 Å². The smallest absolute Gasteiger partial charge is 0.108 e. The van der Waals surface area contributed by atoms with Gasteiger partial charge in [0, 0.05) is 39.1 Å². The van der Waals surface area contributed by atoms with Crippen LogP contribution in [0, 0.1) is 11.8 Å². The summed E-state index contributed by atoms with van der Waals surface area (Å²) in [6.07, 6.45) is 0. The molecule has 248 valence electrons. The largest absolute Gasteiger partial charge is 0.310 e. The molecule has 9 aromatic rings. The fourth-order valence-corrected chi connectivity index (χ4v) is 8.28. The number of fused-ring (bicyclic) bond motifs is 6. The fourth-order valence-electron chi connectivity index (χ4n) is 8.28. The number of hydrogen-bond donors (Lipinski definition) is 0. The van der Waals surface area contributed by atoms with Gasteiger partial charge in [-0.25, -0.2) is 0 Å². The number of rotatable bonds is 5. The molecule has 1 atom stereocenters. The Labute approximate surface area is 309 Å². The van der Waals surface area contributed by atoms with Crippen molar-refractivity contribution in [1.82, 2.24) is 4.57 Å². The van der Waals surface area contributed by atoms with E-state index in [1.807, 2.05) is 6.07 Å². The number of aromatic nitrogens is 1. The van der Waals surface area contributed by atoms with Gasteiger partial charge in [0.2, 0.25) is 0 Å². The van der Waals surface area contributed by atoms with E-state index < -0.39 is 5.41 Å². The second-order valence-corrected chi connectivity index (χ2v) is 13.6. The van der Waals surface area contributed by atoms with Gasteiger partial charge in [0.1, 0.15) is 5.41 Å². The first-order chi connectivity index (χ1) is 26.3. The minimum Gasteiger partial charge on any atom is -0.310 e. The first kappa shape index (κ1) is 30.7. The number of nitrogens with zero attached hydrogens (tertiary/aromatic N) is 2. The molecule has 10 rings (SSSR count). The van der Waals surface area contributed by atoms with Crippen molar-refractivity contribution in [2.24, 2.45) is 0 Å². The van der Waals surface area contributed by atoms with Gasteiger partial charge in [-0.2, -0.15) is 0 Å². The Kier molecular flexibility index (Phi) is 7.30. The Morgan fingerprint density at radius 2 is 0.943 bits per heavy atom. The van der Waals surface area contributed by atoms with Crippen LogP contribution in [0.5, 0.6) is 0 Å². The van der Waals surface area contributed by atoms with Crippen LogP contribution in [0.3, 0.4) is 0 Å². The van der Waals surface area contributed by atoms with Gasteiger partial charge >= 0.3 is 0 Å². The average Bonchev–Trinajstić information content (AvgIpc) is 3.72. The van der Waals surface area contributed by atoms with E-state index in [1.54, 1.807) is 0 Å². The standard InChI is InChI=1S/C51H34N2/c1-4-16-37(17-5-1)34-35-51(38-18-6-2-7-19-38)47-25-13-10-22-43(47)46-36-42(32-33-48(46)51)52(39-20-8-3-9-21-39)40-28-30-41(31-29-40)53-49-26-14-11-23-44(49)45-24-12-15-27-50(45)53/h1-33,36H. The molecular weight excluding hydrogens is 641 g/mol. The van der Waals surface area contributed by atoms with Crippen LogP contribution in [-0.2, 0) is 5.41 Å². The van der Waals surface area contributed by atoms with Gasteiger partial charge in [-0.05, 0) is 101 Å². The Hall–Kier alpha value is -7.08. The highest BCUT2D eigenvalue weighted by atomic mass is 15.1. The molecule has 1 heterocycles. The SMILES string of the molecule is C(#CC1(c2ccccc2)c2ccccc2-c2cc(N(c3ccccc3)c3ccc(-n4c5ccccc5c5ccccc54)cc3)ccc21)c1ccccc1. The van der Waals surface area contributed by atoms with Crippen molar-refractivity contribution >= 4 is 38.9 Å². The zero-order valence-corrected chi connectivity index (χ0v) is 29.0. The quantitative estimate of drug-likeness (QED) is 0.165. The van der Waals surface area contributed by atoms with Crippen LogP contribution in [0.2, 0.25) is 0 Å². The molecule has 0 saturated carbocycles. The summed E-state index contributed by atoms with van der Waals surface area (Å²) in [7, 11) is 0. The molecule has 2 nitrogen and oxygen atoms in total. The second-order valence-electron chi connectivity index (χ2n) is 13.6. The minimum atomic E-state index is -0.622. The van der Waals surface area contributed by atoms with E-state index in [-0.39, 0.29) is 0 Å². The summed E-state index contributed by atoms with van der Waals surface area (Å²) in [6.45, 7) is 0. The lowest BCUT2D eigenvalue weighted by atomic mass is 9.73. The van der Waals surface area contributed by atoms with Crippen molar-refractivity contribution in [2.45, 2.75) is 5.41 Å². The molecule has 1 aliphatic carbocycles. The van der Waals surface area contributed by atoms with Crippen molar-refractivity contribution in [1.29, 1.82) is 0 Å². The highest BCUT2D eigenvalue weighted by Gasteiger charge is 2.44. The summed E-state index contributed by atoms with van der Waals surface area (Å²) in [5.41, 5.74) is 13.2. The van der Waals surface area contributed by atoms with E-state index in [4.69, 9.17) is 0 Å². The molecule has 0 aliphatic heterocycles. The first-order valence-corrected chi connectivity index (χ1v) is 18.1. The maximum atomic E-state index is 3.83. The van der Waals surface area contributed by atoms with E-state index in [2.05, 4.69) is 221 Å². The molecular formula is C51H34N2. The van der Waals surface area contributed by atoms with Crippen LogP contribution in [0.15, 0.2) is 206 Å². The van der Waals surface area contributed by atoms with E-state index in [1.165, 1.54) is 49.6 Å². The topological polar surface area (TPSA) is 8.17 Å². The molecule has 0 bridgehead atoms. The highest BCUT2D eigenvalue weighted by Crippen LogP contribution is 2.54. The summed E-state index contributed by atoms with van der Waals surface area (Å²) in [4.78, 5) is 2.36. The Morgan fingerprint density at radius 3 is 1.64 bits per heavy atom. The highest BCUT2D eigenvalue weighted by molar-refractivity contribution is 6.09. The van der Waals surface area contributed by atoms with Crippen LogP contribution >= 0.6 is 0 Å².